The summed E-state index contributed by atoms with van der Waals surface area (Å²) in [5.41, 5.74) is 0.999. The van der Waals surface area contributed by atoms with Crippen LogP contribution in [0.15, 0.2) is 62.7 Å². The number of hydrogen-bond acceptors (Lipinski definition) is 8. The van der Waals surface area contributed by atoms with E-state index in [0.717, 1.165) is 5.56 Å². The van der Waals surface area contributed by atoms with E-state index in [1.54, 1.807) is 26.0 Å². The number of nitrogens with zero attached hydrogens (tertiary/aromatic N) is 3. The highest BCUT2D eigenvalue weighted by Crippen LogP contribution is 2.20. The molecule has 0 saturated heterocycles. The quantitative estimate of drug-likeness (QED) is 0.359. The summed E-state index contributed by atoms with van der Waals surface area (Å²) in [4.78, 5) is 13.0. The van der Waals surface area contributed by atoms with Crippen LogP contribution in [0.2, 0.25) is 0 Å². The third-order valence-electron chi connectivity index (χ3n) is 5.62. The highest BCUT2D eigenvalue weighted by molar-refractivity contribution is 7.92. The van der Waals surface area contributed by atoms with Crippen molar-refractivity contribution >= 4 is 31.8 Å². The zero-order chi connectivity index (χ0) is 27.2. The Morgan fingerprint density at radius 3 is 2.00 bits per heavy atom. The molecule has 1 heterocycles. The molecular weight excluding hydrogens is 516 g/mol. The Morgan fingerprint density at radius 2 is 1.46 bits per heavy atom. The topological polar surface area (TPSA) is 140 Å². The summed E-state index contributed by atoms with van der Waals surface area (Å²) in [6, 6.07) is 12.0. The maximum absolute atomic E-state index is 12.9. The van der Waals surface area contributed by atoms with Gasteiger partial charge < -0.3 is 4.42 Å². The summed E-state index contributed by atoms with van der Waals surface area (Å²) in [5.74, 6) is -0.287. The molecule has 0 spiro atoms. The van der Waals surface area contributed by atoms with Crippen LogP contribution in [0.5, 0.6) is 0 Å². The normalized spacial score (nSPS) is 12.3. The van der Waals surface area contributed by atoms with Crippen LogP contribution in [-0.2, 0) is 26.3 Å². The third kappa shape index (κ3) is 6.82. The molecule has 0 fully saturated rings. The number of sulfonamides is 1. The second-order valence-electron chi connectivity index (χ2n) is 8.80. The molecule has 3 rings (SSSR count). The Morgan fingerprint density at radius 1 is 0.892 bits per heavy atom. The molecule has 37 heavy (non-hydrogen) atoms. The smallest absolute Gasteiger partial charge is 0.322 e. The lowest BCUT2D eigenvalue weighted by molar-refractivity contribution is 0.102. The Balaban J connectivity index is 1.65. The molecule has 1 N–H and O–H groups in total. The van der Waals surface area contributed by atoms with Crippen LogP contribution in [0.1, 0.15) is 62.3 Å². The number of benzene rings is 2. The lowest BCUT2D eigenvalue weighted by atomic mass is 10.1. The minimum atomic E-state index is -3.64. The van der Waals surface area contributed by atoms with Crippen molar-refractivity contribution in [2.24, 2.45) is 0 Å². The first-order chi connectivity index (χ1) is 17.5. The molecule has 200 valence electrons. The number of amides is 1. The number of carbonyl (C=O) groups excluding carboxylic acids is 1. The summed E-state index contributed by atoms with van der Waals surface area (Å²) in [6.45, 7) is 7.96. The number of aromatic nitrogens is 2. The highest BCUT2D eigenvalue weighted by atomic mass is 32.2. The summed E-state index contributed by atoms with van der Waals surface area (Å²) in [5, 5.41) is 9.75. The maximum Gasteiger partial charge on any atom is 0.322 e. The zero-order valence-electron chi connectivity index (χ0n) is 21.3. The zero-order valence-corrected chi connectivity index (χ0v) is 23.0. The molecule has 12 heteroatoms. The van der Waals surface area contributed by atoms with E-state index in [4.69, 9.17) is 4.42 Å². The predicted molar refractivity (Wildman–Crippen MR) is 140 cm³/mol. The molecule has 10 nitrogen and oxygen atoms in total. The van der Waals surface area contributed by atoms with Gasteiger partial charge in [0.2, 0.25) is 15.9 Å². The van der Waals surface area contributed by atoms with Crippen molar-refractivity contribution in [1.29, 1.82) is 0 Å². The van der Waals surface area contributed by atoms with Crippen LogP contribution < -0.4 is 5.32 Å². The molecule has 0 aliphatic heterocycles. The highest BCUT2D eigenvalue weighted by Gasteiger charge is 2.23. The van der Waals surface area contributed by atoms with E-state index in [9.17, 15) is 21.6 Å². The summed E-state index contributed by atoms with van der Waals surface area (Å²) >= 11 is 0. The summed E-state index contributed by atoms with van der Waals surface area (Å²) in [7, 11) is -7.00. The van der Waals surface area contributed by atoms with Gasteiger partial charge in [0, 0.05) is 18.7 Å². The standard InChI is InChI=1S/C25H32N4O6S2/c1-5-15-29(16-6-2)37(33,34)22-13-9-20(10-14-22)24(30)26-25-28-27-23(35-25)17-19-7-11-21(12-8-19)36(31,32)18(3)4/h7-14,18H,5-6,15-17H2,1-4H3,(H,26,28,30). The monoisotopic (exact) mass is 548 g/mol. The van der Waals surface area contributed by atoms with Crippen molar-refractivity contribution in [1.82, 2.24) is 14.5 Å². The van der Waals surface area contributed by atoms with Gasteiger partial charge in [-0.05, 0) is 68.7 Å². The molecule has 0 atom stereocenters. The molecule has 2 aromatic carbocycles. The predicted octanol–water partition coefficient (Wildman–Crippen LogP) is 3.91. The van der Waals surface area contributed by atoms with Crippen LogP contribution >= 0.6 is 0 Å². The lowest BCUT2D eigenvalue weighted by Crippen LogP contribution is -2.32. The number of hydrogen-bond donors (Lipinski definition) is 1. The molecule has 1 amide bonds. The van der Waals surface area contributed by atoms with Crippen LogP contribution in [0, 0.1) is 0 Å². The minimum absolute atomic E-state index is 0.104. The van der Waals surface area contributed by atoms with E-state index in [1.807, 2.05) is 13.8 Å². The van der Waals surface area contributed by atoms with Crippen molar-refractivity contribution in [3.8, 4) is 0 Å². The van der Waals surface area contributed by atoms with Gasteiger partial charge in [-0.2, -0.15) is 4.31 Å². The van der Waals surface area contributed by atoms with Gasteiger partial charge >= 0.3 is 6.01 Å². The van der Waals surface area contributed by atoms with Gasteiger partial charge in [0.05, 0.1) is 21.5 Å². The van der Waals surface area contributed by atoms with Gasteiger partial charge in [0.25, 0.3) is 5.91 Å². The fraction of sp³-hybridized carbons (Fsp3) is 0.400. The average molecular weight is 549 g/mol. The maximum atomic E-state index is 12.9. The molecule has 0 bridgehead atoms. The van der Waals surface area contributed by atoms with Gasteiger partial charge in [-0.3, -0.25) is 10.1 Å². The minimum Gasteiger partial charge on any atom is -0.407 e. The van der Waals surface area contributed by atoms with Crippen molar-refractivity contribution in [3.63, 3.8) is 0 Å². The first-order valence-corrected chi connectivity index (χ1v) is 15.0. The third-order valence-corrected chi connectivity index (χ3v) is 9.70. The molecule has 0 radical (unpaired) electrons. The van der Waals surface area contributed by atoms with Crippen molar-refractivity contribution in [2.75, 3.05) is 18.4 Å². The fourth-order valence-electron chi connectivity index (χ4n) is 3.57. The van der Waals surface area contributed by atoms with Gasteiger partial charge in [-0.15, -0.1) is 5.10 Å². The number of sulfone groups is 1. The van der Waals surface area contributed by atoms with E-state index >= 15 is 0 Å². The molecule has 0 aliphatic rings. The molecule has 0 saturated carbocycles. The molecule has 1 aromatic heterocycles. The van der Waals surface area contributed by atoms with E-state index < -0.39 is 31.0 Å². The number of nitrogens with one attached hydrogen (secondary N) is 1. The molecule has 0 aliphatic carbocycles. The summed E-state index contributed by atoms with van der Waals surface area (Å²) < 4.78 is 57.3. The van der Waals surface area contributed by atoms with Crippen LogP contribution in [0.25, 0.3) is 0 Å². The fourth-order valence-corrected chi connectivity index (χ4v) is 6.25. The van der Waals surface area contributed by atoms with E-state index in [2.05, 4.69) is 15.5 Å². The lowest BCUT2D eigenvalue weighted by Gasteiger charge is -2.21. The van der Waals surface area contributed by atoms with Gasteiger partial charge in [-0.1, -0.05) is 31.1 Å². The van der Waals surface area contributed by atoms with Crippen molar-refractivity contribution < 1.29 is 26.0 Å². The Kier molecular flexibility index (Phi) is 9.21. The first kappa shape index (κ1) is 28.5. The van der Waals surface area contributed by atoms with Gasteiger partial charge in [0.1, 0.15) is 0 Å². The number of anilines is 1. The van der Waals surface area contributed by atoms with Crippen molar-refractivity contribution in [2.45, 2.75) is 62.0 Å². The Labute approximate surface area is 218 Å². The molecule has 0 unspecified atom stereocenters. The van der Waals surface area contributed by atoms with E-state index in [0.29, 0.717) is 25.9 Å². The van der Waals surface area contributed by atoms with E-state index in [1.165, 1.54) is 40.7 Å². The van der Waals surface area contributed by atoms with Crippen molar-refractivity contribution in [3.05, 3.63) is 65.5 Å². The second kappa shape index (κ2) is 12.0. The Bertz CT molecular complexity index is 1410. The SMILES string of the molecule is CCCN(CCC)S(=O)(=O)c1ccc(C(=O)Nc2nnc(Cc3ccc(S(=O)(=O)C(C)C)cc3)o2)cc1. The Hall–Kier alpha value is -3.09. The van der Waals surface area contributed by atoms with Crippen LogP contribution in [-0.4, -0.2) is 55.6 Å². The van der Waals surface area contributed by atoms with Gasteiger partial charge in [-0.25, -0.2) is 16.8 Å². The molecular formula is C25H32N4O6S2. The largest absolute Gasteiger partial charge is 0.407 e. The van der Waals surface area contributed by atoms with Gasteiger partial charge in [0.15, 0.2) is 9.84 Å². The van der Waals surface area contributed by atoms with E-state index in [-0.39, 0.29) is 33.7 Å². The first-order valence-electron chi connectivity index (χ1n) is 12.1. The van der Waals surface area contributed by atoms with Crippen LogP contribution in [0.3, 0.4) is 0 Å². The number of carbonyl (C=O) groups is 1. The second-order valence-corrected chi connectivity index (χ2v) is 13.2. The van der Waals surface area contributed by atoms with Crippen LogP contribution in [0.4, 0.5) is 6.01 Å². The number of rotatable bonds is 12. The average Bonchev–Trinajstić information content (AvgIpc) is 3.30. The summed E-state index contributed by atoms with van der Waals surface area (Å²) in [6.07, 6.45) is 1.66. The molecule has 3 aromatic rings.